The summed E-state index contributed by atoms with van der Waals surface area (Å²) in [7, 11) is 5.08. The van der Waals surface area contributed by atoms with Crippen molar-refractivity contribution >= 4 is 17.6 Å². The predicted octanol–water partition coefficient (Wildman–Crippen LogP) is 1.93. The Bertz CT molecular complexity index is 813. The Morgan fingerprint density at radius 1 is 1.21 bits per heavy atom. The third-order valence-electron chi connectivity index (χ3n) is 5.26. The molecule has 2 aromatic rings. The maximum Gasteiger partial charge on any atom is 0.259 e. The number of likely N-dealkylation sites (N-methyl/N-ethyl adjacent to an activating group) is 1. The van der Waals surface area contributed by atoms with Gasteiger partial charge in [-0.25, -0.2) is 4.68 Å². The highest BCUT2D eigenvalue weighted by Crippen LogP contribution is 2.26. The lowest BCUT2D eigenvalue weighted by atomic mass is 10.1. The van der Waals surface area contributed by atoms with E-state index in [1.165, 1.54) is 7.11 Å². The lowest BCUT2D eigenvalue weighted by Gasteiger charge is -2.32. The molecule has 0 radical (unpaired) electrons. The fourth-order valence-corrected chi connectivity index (χ4v) is 3.57. The van der Waals surface area contributed by atoms with Gasteiger partial charge in [0.15, 0.2) is 6.10 Å². The van der Waals surface area contributed by atoms with Crippen molar-refractivity contribution in [2.45, 2.75) is 25.0 Å². The molecule has 2 amide bonds. The highest BCUT2D eigenvalue weighted by atomic mass is 16.5. The van der Waals surface area contributed by atoms with Gasteiger partial charge in [0.2, 0.25) is 5.91 Å². The Kier molecular flexibility index (Phi) is 7.00. The zero-order chi connectivity index (χ0) is 20.8. The van der Waals surface area contributed by atoms with Crippen LogP contribution in [0.1, 0.15) is 30.6 Å². The van der Waals surface area contributed by atoms with E-state index in [9.17, 15) is 9.59 Å². The molecule has 0 spiro atoms. The molecule has 1 aliphatic heterocycles. The second kappa shape index (κ2) is 9.67. The molecule has 156 valence electrons. The van der Waals surface area contributed by atoms with Crippen molar-refractivity contribution in [2.24, 2.45) is 0 Å². The number of benzene rings is 1. The molecule has 8 heteroatoms. The number of methoxy groups -OCH3 is 1. The number of hydrogen-bond acceptors (Lipinski definition) is 5. The van der Waals surface area contributed by atoms with Crippen LogP contribution in [0.3, 0.4) is 0 Å². The van der Waals surface area contributed by atoms with Gasteiger partial charge in [0.25, 0.3) is 5.91 Å². The zero-order valence-corrected chi connectivity index (χ0v) is 17.2. The fraction of sp³-hybridized carbons (Fsp3) is 0.476. The lowest BCUT2D eigenvalue weighted by Crippen LogP contribution is -2.41. The quantitative estimate of drug-likeness (QED) is 0.770. The molecule has 1 fully saturated rings. The number of anilines is 1. The molecule has 3 rings (SSSR count). The van der Waals surface area contributed by atoms with E-state index in [0.717, 1.165) is 31.5 Å². The number of nitrogens with one attached hydrogen (secondary N) is 1. The van der Waals surface area contributed by atoms with Gasteiger partial charge in [0, 0.05) is 40.4 Å². The Morgan fingerprint density at radius 3 is 2.52 bits per heavy atom. The van der Waals surface area contributed by atoms with Gasteiger partial charge in [0.1, 0.15) is 5.82 Å². The van der Waals surface area contributed by atoms with E-state index in [1.807, 2.05) is 35.0 Å². The van der Waals surface area contributed by atoms with Gasteiger partial charge in [-0.15, -0.1) is 0 Å². The summed E-state index contributed by atoms with van der Waals surface area (Å²) in [6.45, 7) is 2.08. The molecular formula is C21H29N5O3. The highest BCUT2D eigenvalue weighted by molar-refractivity contribution is 5.94. The highest BCUT2D eigenvalue weighted by Gasteiger charge is 2.26. The van der Waals surface area contributed by atoms with Crippen molar-refractivity contribution in [2.75, 3.05) is 46.2 Å². The number of ether oxygens (including phenoxy) is 1. The first-order valence-corrected chi connectivity index (χ1v) is 9.84. The molecule has 8 nitrogen and oxygen atoms in total. The van der Waals surface area contributed by atoms with Crippen molar-refractivity contribution < 1.29 is 14.3 Å². The lowest BCUT2D eigenvalue weighted by molar-refractivity contribution is -0.130. The molecule has 1 aromatic heterocycles. The standard InChI is InChI=1S/C21H29N5O3/c1-24(2)19(27)15-25-13-10-17(11-14-25)26-18(9-12-22-26)23-21(28)20(29-3)16-7-5-4-6-8-16/h4-9,12,17,20H,10-11,13-15H2,1-3H3,(H,23,28)/t20-/m1/s1. The van der Waals surface area contributed by atoms with E-state index in [4.69, 9.17) is 4.74 Å². The first kappa shape index (κ1) is 21.0. The summed E-state index contributed by atoms with van der Waals surface area (Å²) < 4.78 is 7.29. The summed E-state index contributed by atoms with van der Waals surface area (Å²) in [6, 6.07) is 11.4. The number of hydrogen-bond donors (Lipinski definition) is 1. The van der Waals surface area contributed by atoms with Crippen LogP contribution in [0.25, 0.3) is 0 Å². The number of likely N-dealkylation sites (tertiary alicyclic amines) is 1. The Balaban J connectivity index is 1.61. The van der Waals surface area contributed by atoms with Crippen molar-refractivity contribution in [1.82, 2.24) is 19.6 Å². The smallest absolute Gasteiger partial charge is 0.259 e. The minimum absolute atomic E-state index is 0.113. The molecule has 0 bridgehead atoms. The van der Waals surface area contributed by atoms with Crippen LogP contribution in [0.4, 0.5) is 5.82 Å². The molecule has 1 N–H and O–H groups in total. The Hall–Kier alpha value is -2.71. The van der Waals surface area contributed by atoms with Crippen LogP contribution in [0.15, 0.2) is 42.6 Å². The summed E-state index contributed by atoms with van der Waals surface area (Å²) in [5.41, 5.74) is 0.803. The van der Waals surface area contributed by atoms with E-state index in [1.54, 1.807) is 31.3 Å². The van der Waals surface area contributed by atoms with Gasteiger partial charge >= 0.3 is 0 Å². The first-order chi connectivity index (χ1) is 14.0. The summed E-state index contributed by atoms with van der Waals surface area (Å²) in [5, 5.41) is 7.39. The predicted molar refractivity (Wildman–Crippen MR) is 110 cm³/mol. The Labute approximate surface area is 171 Å². The topological polar surface area (TPSA) is 79.7 Å². The average Bonchev–Trinajstić information content (AvgIpc) is 3.18. The van der Waals surface area contributed by atoms with Crippen LogP contribution in [-0.4, -0.2) is 72.2 Å². The molecule has 2 heterocycles. The third kappa shape index (κ3) is 5.21. The van der Waals surface area contributed by atoms with E-state index in [0.29, 0.717) is 12.4 Å². The third-order valence-corrected chi connectivity index (χ3v) is 5.26. The summed E-state index contributed by atoms with van der Waals surface area (Å²) in [5.74, 6) is 0.548. The van der Waals surface area contributed by atoms with Crippen molar-refractivity contribution in [3.63, 3.8) is 0 Å². The van der Waals surface area contributed by atoms with Crippen LogP contribution in [0.2, 0.25) is 0 Å². The normalized spacial score (nSPS) is 16.4. The Morgan fingerprint density at radius 2 is 1.90 bits per heavy atom. The summed E-state index contributed by atoms with van der Waals surface area (Å²) in [4.78, 5) is 28.5. The van der Waals surface area contributed by atoms with Gasteiger partial charge in [-0.2, -0.15) is 5.10 Å². The minimum Gasteiger partial charge on any atom is -0.367 e. The number of carbonyl (C=O) groups is 2. The molecule has 1 aliphatic rings. The van der Waals surface area contributed by atoms with Crippen LogP contribution >= 0.6 is 0 Å². The summed E-state index contributed by atoms with van der Waals surface area (Å²) in [6.07, 6.45) is 2.76. The van der Waals surface area contributed by atoms with Gasteiger partial charge in [0.05, 0.1) is 18.8 Å². The molecule has 0 aliphatic carbocycles. The van der Waals surface area contributed by atoms with Crippen molar-refractivity contribution in [3.05, 3.63) is 48.2 Å². The molecule has 0 unspecified atom stereocenters. The number of rotatable bonds is 7. The van der Waals surface area contributed by atoms with Crippen LogP contribution in [0.5, 0.6) is 0 Å². The van der Waals surface area contributed by atoms with E-state index < -0.39 is 6.10 Å². The maximum absolute atomic E-state index is 12.8. The van der Waals surface area contributed by atoms with Crippen molar-refractivity contribution in [1.29, 1.82) is 0 Å². The molecule has 1 aromatic carbocycles. The van der Waals surface area contributed by atoms with Gasteiger partial charge in [-0.05, 0) is 18.4 Å². The van der Waals surface area contributed by atoms with Gasteiger partial charge < -0.3 is 15.0 Å². The largest absolute Gasteiger partial charge is 0.367 e. The fourth-order valence-electron chi connectivity index (χ4n) is 3.57. The molecule has 1 saturated heterocycles. The number of piperidine rings is 1. The van der Waals surface area contributed by atoms with Crippen molar-refractivity contribution in [3.8, 4) is 0 Å². The number of carbonyl (C=O) groups excluding carboxylic acids is 2. The monoisotopic (exact) mass is 399 g/mol. The second-order valence-electron chi connectivity index (χ2n) is 7.47. The second-order valence-corrected chi connectivity index (χ2v) is 7.47. The molecular weight excluding hydrogens is 370 g/mol. The molecule has 29 heavy (non-hydrogen) atoms. The summed E-state index contributed by atoms with van der Waals surface area (Å²) >= 11 is 0. The van der Waals surface area contributed by atoms with Crippen LogP contribution in [0, 0.1) is 0 Å². The zero-order valence-electron chi connectivity index (χ0n) is 17.2. The van der Waals surface area contributed by atoms with E-state index >= 15 is 0 Å². The van der Waals surface area contributed by atoms with E-state index in [-0.39, 0.29) is 17.9 Å². The first-order valence-electron chi connectivity index (χ1n) is 9.84. The van der Waals surface area contributed by atoms with Crippen LogP contribution < -0.4 is 5.32 Å². The van der Waals surface area contributed by atoms with Crippen LogP contribution in [-0.2, 0) is 14.3 Å². The molecule has 0 saturated carbocycles. The maximum atomic E-state index is 12.8. The number of amides is 2. The van der Waals surface area contributed by atoms with Gasteiger partial charge in [-0.3, -0.25) is 14.5 Å². The average molecular weight is 399 g/mol. The van der Waals surface area contributed by atoms with Gasteiger partial charge in [-0.1, -0.05) is 30.3 Å². The minimum atomic E-state index is -0.682. The number of nitrogens with zero attached hydrogens (tertiary/aromatic N) is 4. The SMILES string of the molecule is CO[C@@H](C(=O)Nc1ccnn1C1CCN(CC(=O)N(C)C)CC1)c1ccccc1. The van der Waals surface area contributed by atoms with E-state index in [2.05, 4.69) is 15.3 Å². The number of aromatic nitrogens is 2. The molecule has 1 atom stereocenters.